The van der Waals surface area contributed by atoms with Crippen molar-refractivity contribution in [2.45, 2.75) is 71.1 Å². The first-order chi connectivity index (χ1) is 17.5. The van der Waals surface area contributed by atoms with Crippen LogP contribution in [0, 0.1) is 28.7 Å². The molecule has 0 bridgehead atoms. The molecular weight excluding hydrogens is 478 g/mol. The van der Waals surface area contributed by atoms with Gasteiger partial charge in [0.25, 0.3) is 0 Å². The zero-order valence-corrected chi connectivity index (χ0v) is 21.8. The van der Waals surface area contributed by atoms with Crippen molar-refractivity contribution in [1.82, 2.24) is 9.97 Å². The Kier molecular flexibility index (Phi) is 7.10. The average molecular weight is 510 g/mol. The molecule has 0 aliphatic carbocycles. The predicted octanol–water partition coefficient (Wildman–Crippen LogP) is 8.35. The third-order valence-corrected chi connectivity index (χ3v) is 8.21. The first-order valence-electron chi connectivity index (χ1n) is 12.6. The van der Waals surface area contributed by atoms with E-state index in [2.05, 4.69) is 9.97 Å². The maximum atomic E-state index is 15.8. The van der Waals surface area contributed by atoms with Gasteiger partial charge in [-0.15, -0.1) is 0 Å². The number of hydrogen-bond acceptors (Lipinski definition) is 3. The van der Waals surface area contributed by atoms with E-state index in [9.17, 15) is 0 Å². The molecule has 0 aliphatic heterocycles. The summed E-state index contributed by atoms with van der Waals surface area (Å²) in [5, 5.41) is 10.2. The summed E-state index contributed by atoms with van der Waals surface area (Å²) in [7, 11) is 0. The van der Waals surface area contributed by atoms with E-state index >= 15 is 17.6 Å². The molecule has 4 aromatic rings. The molecule has 0 fully saturated rings. The number of rotatable bonds is 8. The highest BCUT2D eigenvalue weighted by Crippen LogP contribution is 2.43. The number of fused-ring (bicyclic) bond motifs is 3. The van der Waals surface area contributed by atoms with Crippen molar-refractivity contribution in [2.24, 2.45) is 0 Å². The van der Waals surface area contributed by atoms with Gasteiger partial charge in [-0.25, -0.2) is 17.6 Å². The summed E-state index contributed by atoms with van der Waals surface area (Å²) in [5.74, 6) is -5.62. The Morgan fingerprint density at radius 3 is 1.95 bits per heavy atom. The van der Waals surface area contributed by atoms with Crippen LogP contribution in [-0.2, 0) is 17.3 Å². The number of benzene rings is 2. The largest absolute Gasteiger partial charge is 0.309 e. The van der Waals surface area contributed by atoms with E-state index in [1.54, 1.807) is 40.1 Å². The summed E-state index contributed by atoms with van der Waals surface area (Å²) in [5.41, 5.74) is -2.08. The highest BCUT2D eigenvalue weighted by Gasteiger charge is 2.44. The van der Waals surface area contributed by atoms with Crippen molar-refractivity contribution in [2.75, 3.05) is 0 Å². The van der Waals surface area contributed by atoms with Gasteiger partial charge in [0.05, 0.1) is 11.0 Å². The van der Waals surface area contributed by atoms with Gasteiger partial charge < -0.3 is 5.41 Å². The topological polar surface area (TPSA) is 49.6 Å². The fourth-order valence-electron chi connectivity index (χ4n) is 5.39. The van der Waals surface area contributed by atoms with Crippen LogP contribution < -0.4 is 0 Å². The molecule has 1 atom stereocenters. The molecule has 0 spiro atoms. The Labute approximate surface area is 214 Å². The lowest BCUT2D eigenvalue weighted by atomic mass is 9.68. The molecule has 4 rings (SSSR count). The highest BCUT2D eigenvalue weighted by molar-refractivity contribution is 6.02. The smallest absolute Gasteiger partial charge is 0.166 e. The molecular formula is C30H31F4N3. The van der Waals surface area contributed by atoms with Gasteiger partial charge in [0.15, 0.2) is 23.3 Å². The van der Waals surface area contributed by atoms with Crippen LogP contribution in [0.2, 0.25) is 0 Å². The van der Waals surface area contributed by atoms with E-state index in [1.807, 2.05) is 30.3 Å². The summed E-state index contributed by atoms with van der Waals surface area (Å²) in [4.78, 5) is 8.97. The molecule has 0 radical (unpaired) electrons. The summed E-state index contributed by atoms with van der Waals surface area (Å²) >= 11 is 0. The lowest BCUT2D eigenvalue weighted by Crippen LogP contribution is -2.39. The SMILES string of the molecule is CCC(C)(CC)c1c(F)c(F)c(C(CC)(Cc2cnc3c(ccc4cccnc43)c2)C(C)=N)c(F)c1F. The minimum Gasteiger partial charge on any atom is -0.309 e. The molecule has 194 valence electrons. The van der Waals surface area contributed by atoms with Crippen LogP contribution in [0.1, 0.15) is 70.6 Å². The van der Waals surface area contributed by atoms with Gasteiger partial charge in [0, 0.05) is 45.4 Å². The molecule has 7 heteroatoms. The number of hydrogen-bond donors (Lipinski definition) is 1. The van der Waals surface area contributed by atoms with Crippen LogP contribution in [0.15, 0.2) is 42.7 Å². The zero-order valence-electron chi connectivity index (χ0n) is 21.8. The van der Waals surface area contributed by atoms with Crippen LogP contribution in [0.4, 0.5) is 17.6 Å². The van der Waals surface area contributed by atoms with Crippen LogP contribution in [-0.4, -0.2) is 15.7 Å². The van der Waals surface area contributed by atoms with Crippen molar-refractivity contribution < 1.29 is 17.6 Å². The van der Waals surface area contributed by atoms with Gasteiger partial charge in [0.1, 0.15) is 0 Å². The summed E-state index contributed by atoms with van der Waals surface area (Å²) in [6.07, 6.45) is 3.89. The fourth-order valence-corrected chi connectivity index (χ4v) is 5.39. The van der Waals surface area contributed by atoms with Gasteiger partial charge in [-0.05, 0) is 55.7 Å². The fraction of sp³-hybridized carbons (Fsp3) is 0.367. The van der Waals surface area contributed by atoms with Gasteiger partial charge in [0.2, 0.25) is 0 Å². The Hall–Kier alpha value is -3.35. The van der Waals surface area contributed by atoms with E-state index in [4.69, 9.17) is 5.41 Å². The maximum Gasteiger partial charge on any atom is 0.166 e. The number of nitrogens with zero attached hydrogens (tertiary/aromatic N) is 2. The van der Waals surface area contributed by atoms with E-state index in [1.165, 1.54) is 6.92 Å². The maximum absolute atomic E-state index is 15.8. The van der Waals surface area contributed by atoms with Crippen molar-refractivity contribution in [3.63, 3.8) is 0 Å². The monoisotopic (exact) mass is 509 g/mol. The zero-order chi connectivity index (χ0) is 27.1. The van der Waals surface area contributed by atoms with Crippen molar-refractivity contribution in [1.29, 1.82) is 5.41 Å². The van der Waals surface area contributed by atoms with Gasteiger partial charge in [-0.1, -0.05) is 45.9 Å². The van der Waals surface area contributed by atoms with Crippen LogP contribution in [0.5, 0.6) is 0 Å². The summed E-state index contributed by atoms with van der Waals surface area (Å²) in [6, 6.07) is 9.38. The van der Waals surface area contributed by atoms with Gasteiger partial charge in [-0.3, -0.25) is 9.97 Å². The first kappa shape index (κ1) is 26.7. The van der Waals surface area contributed by atoms with E-state index in [-0.39, 0.29) is 18.6 Å². The molecule has 2 heterocycles. The molecule has 0 amide bonds. The third kappa shape index (κ3) is 4.18. The Balaban J connectivity index is 1.91. The van der Waals surface area contributed by atoms with Crippen LogP contribution in [0.25, 0.3) is 21.8 Å². The molecule has 0 saturated heterocycles. The van der Waals surface area contributed by atoms with E-state index < -0.39 is 45.2 Å². The summed E-state index contributed by atoms with van der Waals surface area (Å²) in [6.45, 7) is 8.14. The average Bonchev–Trinajstić information content (AvgIpc) is 2.90. The third-order valence-electron chi connectivity index (χ3n) is 8.21. The van der Waals surface area contributed by atoms with Crippen molar-refractivity contribution in [3.05, 3.63) is 82.7 Å². The summed E-state index contributed by atoms with van der Waals surface area (Å²) < 4.78 is 62.6. The number of nitrogens with one attached hydrogen (secondary N) is 1. The molecule has 0 aliphatic rings. The van der Waals surface area contributed by atoms with Crippen LogP contribution in [0.3, 0.4) is 0 Å². The van der Waals surface area contributed by atoms with Crippen molar-refractivity contribution >= 4 is 27.5 Å². The Bertz CT molecular complexity index is 1480. The molecule has 1 unspecified atom stereocenters. The minimum absolute atomic E-state index is 0.0487. The second-order valence-electron chi connectivity index (χ2n) is 10.1. The molecule has 2 aromatic carbocycles. The van der Waals surface area contributed by atoms with E-state index in [0.717, 1.165) is 16.3 Å². The highest BCUT2D eigenvalue weighted by atomic mass is 19.2. The standard InChI is InChI=1S/C30H31F4N3/c1-6-29(5,7-2)21-23(31)25(33)22(26(34)24(21)32)30(8-3,17(4)35)15-18-14-20-12-11-19-10-9-13-36-27(19)28(20)37-16-18/h9-14,16,35H,6-8,15H2,1-5H3. The molecule has 1 N–H and O–H groups in total. The lowest BCUT2D eigenvalue weighted by molar-refractivity contribution is 0.342. The Morgan fingerprint density at radius 2 is 1.38 bits per heavy atom. The van der Waals surface area contributed by atoms with Crippen LogP contribution >= 0.6 is 0 Å². The number of halogens is 4. The second kappa shape index (κ2) is 9.84. The minimum atomic E-state index is -1.60. The normalized spacial score (nSPS) is 13.8. The van der Waals surface area contributed by atoms with Crippen molar-refractivity contribution in [3.8, 4) is 0 Å². The van der Waals surface area contributed by atoms with Gasteiger partial charge >= 0.3 is 0 Å². The first-order valence-corrected chi connectivity index (χ1v) is 12.6. The molecule has 2 aromatic heterocycles. The molecule has 0 saturated carbocycles. The molecule has 37 heavy (non-hydrogen) atoms. The molecule has 3 nitrogen and oxygen atoms in total. The Morgan fingerprint density at radius 1 is 0.811 bits per heavy atom. The number of pyridine rings is 2. The second-order valence-corrected chi connectivity index (χ2v) is 10.1. The van der Waals surface area contributed by atoms with Gasteiger partial charge in [-0.2, -0.15) is 0 Å². The quantitative estimate of drug-likeness (QED) is 0.112. The lowest BCUT2D eigenvalue weighted by Gasteiger charge is -2.36. The predicted molar refractivity (Wildman–Crippen MR) is 140 cm³/mol. The van der Waals surface area contributed by atoms with E-state index in [0.29, 0.717) is 23.9 Å². The number of aromatic nitrogens is 2.